The number of hydrogen-bond donors (Lipinski definition) is 0. The minimum atomic E-state index is -0.0921. The van der Waals surface area contributed by atoms with Crippen LogP contribution in [0, 0.1) is 0 Å². The number of amides is 1. The second-order valence-corrected chi connectivity index (χ2v) is 9.49. The van der Waals surface area contributed by atoms with Crippen LogP contribution in [0.4, 0.5) is 0 Å². The van der Waals surface area contributed by atoms with Gasteiger partial charge in [0.1, 0.15) is 12.1 Å². The quantitative estimate of drug-likeness (QED) is 0.539. The Bertz CT molecular complexity index is 1000. The van der Waals surface area contributed by atoms with Crippen LogP contribution in [-0.4, -0.2) is 69.2 Å². The molecule has 0 unspecified atom stereocenters. The Balaban J connectivity index is 1.46. The molecule has 29 heavy (non-hydrogen) atoms. The number of tetrazole rings is 1. The number of ether oxygens (including phenoxy) is 1. The average molecular weight is 498 g/mol. The van der Waals surface area contributed by atoms with Crippen LogP contribution in [0.2, 0.25) is 5.02 Å². The van der Waals surface area contributed by atoms with Gasteiger partial charge in [0.25, 0.3) is 5.91 Å². The smallest absolute Gasteiger partial charge is 0.257 e. The number of methoxy groups -OCH3 is 1. The van der Waals surface area contributed by atoms with Crippen LogP contribution in [0.3, 0.4) is 0 Å². The lowest BCUT2D eigenvalue weighted by Gasteiger charge is -2.34. The van der Waals surface area contributed by atoms with E-state index in [4.69, 9.17) is 16.3 Å². The van der Waals surface area contributed by atoms with Crippen LogP contribution in [0.5, 0.6) is 5.75 Å². The van der Waals surface area contributed by atoms with Crippen molar-refractivity contribution < 1.29 is 9.53 Å². The summed E-state index contributed by atoms with van der Waals surface area (Å²) >= 11 is 11.6. The van der Waals surface area contributed by atoms with Crippen molar-refractivity contribution >= 4 is 44.8 Å². The van der Waals surface area contributed by atoms with Gasteiger partial charge < -0.3 is 9.64 Å². The van der Waals surface area contributed by atoms with Crippen molar-refractivity contribution in [2.75, 3.05) is 33.3 Å². The van der Waals surface area contributed by atoms with Crippen LogP contribution in [-0.2, 0) is 6.54 Å². The van der Waals surface area contributed by atoms with E-state index in [9.17, 15) is 4.79 Å². The summed E-state index contributed by atoms with van der Waals surface area (Å²) < 4.78 is 8.02. The summed E-state index contributed by atoms with van der Waals surface area (Å²) in [6, 6.07) is 7.49. The first-order valence-corrected chi connectivity index (χ1v) is 10.9. The molecule has 1 aliphatic rings. The Morgan fingerprint density at radius 3 is 2.69 bits per heavy atom. The molecule has 1 fully saturated rings. The van der Waals surface area contributed by atoms with Gasteiger partial charge in [-0.25, -0.2) is 0 Å². The van der Waals surface area contributed by atoms with Gasteiger partial charge in [-0.2, -0.15) is 4.68 Å². The Morgan fingerprint density at radius 2 is 2.07 bits per heavy atom. The second kappa shape index (κ2) is 8.78. The molecule has 0 aliphatic carbocycles. The van der Waals surface area contributed by atoms with E-state index in [1.807, 2.05) is 4.90 Å². The molecule has 0 atom stereocenters. The van der Waals surface area contributed by atoms with Crippen molar-refractivity contribution in [1.29, 1.82) is 0 Å². The molecule has 3 heterocycles. The summed E-state index contributed by atoms with van der Waals surface area (Å²) in [5, 5.41) is 11.5. The SMILES string of the molecule is COc1cc(-n2cnnn2)c(Cl)cc1C(=O)N1CCN(Cc2ccc(Br)s2)CC1. The molecule has 8 nitrogen and oxygen atoms in total. The number of carbonyl (C=O) groups is 1. The number of aromatic nitrogens is 4. The van der Waals surface area contributed by atoms with Crippen molar-refractivity contribution in [2.24, 2.45) is 0 Å². The van der Waals surface area contributed by atoms with Gasteiger partial charge in [-0.3, -0.25) is 9.69 Å². The fraction of sp³-hybridized carbons (Fsp3) is 0.333. The first-order valence-electron chi connectivity index (χ1n) is 8.92. The Hall–Kier alpha value is -2.01. The maximum absolute atomic E-state index is 13.1. The number of carbonyl (C=O) groups excluding carboxylic acids is 1. The van der Waals surface area contributed by atoms with Gasteiger partial charge >= 0.3 is 0 Å². The highest BCUT2D eigenvalue weighted by Crippen LogP contribution is 2.30. The summed E-state index contributed by atoms with van der Waals surface area (Å²) in [5.74, 6) is 0.348. The van der Waals surface area contributed by atoms with Crippen LogP contribution in [0.15, 0.2) is 34.4 Å². The summed E-state index contributed by atoms with van der Waals surface area (Å²) in [4.78, 5) is 18.6. The normalized spacial score (nSPS) is 14.9. The lowest BCUT2D eigenvalue weighted by molar-refractivity contribution is 0.0626. The van der Waals surface area contributed by atoms with Crippen LogP contribution < -0.4 is 4.74 Å². The summed E-state index contributed by atoms with van der Waals surface area (Å²) in [5.41, 5.74) is 0.988. The molecule has 3 aromatic rings. The lowest BCUT2D eigenvalue weighted by atomic mass is 10.1. The fourth-order valence-corrected chi connectivity index (χ4v) is 5.04. The standard InChI is InChI=1S/C18H18BrClN6O2S/c1-28-16-9-15(26-11-21-22-23-26)14(20)8-13(16)18(27)25-6-4-24(5-7-25)10-12-2-3-17(19)29-12/h2-3,8-9,11H,4-7,10H2,1H3. The van der Waals surface area contributed by atoms with Gasteiger partial charge in [0.15, 0.2) is 0 Å². The van der Waals surface area contributed by atoms with Crippen molar-refractivity contribution in [3.05, 3.63) is 49.8 Å². The van der Waals surface area contributed by atoms with Crippen molar-refractivity contribution in [3.8, 4) is 11.4 Å². The Labute approximate surface area is 185 Å². The molecule has 2 aromatic heterocycles. The molecule has 1 saturated heterocycles. The van der Waals surface area contributed by atoms with E-state index in [-0.39, 0.29) is 5.91 Å². The number of thiophene rings is 1. The zero-order chi connectivity index (χ0) is 20.4. The molecule has 0 radical (unpaired) electrons. The third-order valence-corrected chi connectivity index (χ3v) is 6.67. The van der Waals surface area contributed by atoms with E-state index >= 15 is 0 Å². The number of hydrogen-bond acceptors (Lipinski definition) is 7. The lowest BCUT2D eigenvalue weighted by Crippen LogP contribution is -2.48. The van der Waals surface area contributed by atoms with Crippen LogP contribution in [0.25, 0.3) is 5.69 Å². The van der Waals surface area contributed by atoms with Gasteiger partial charge in [0.2, 0.25) is 0 Å². The fourth-order valence-electron chi connectivity index (χ4n) is 3.26. The molecule has 0 saturated carbocycles. The Kier molecular flexibility index (Phi) is 6.14. The molecule has 4 rings (SSSR count). The van der Waals surface area contributed by atoms with Gasteiger partial charge in [0, 0.05) is 43.7 Å². The van der Waals surface area contributed by atoms with E-state index in [1.165, 1.54) is 23.0 Å². The molecular formula is C18H18BrClN6O2S. The predicted molar refractivity (Wildman–Crippen MR) is 114 cm³/mol. The van der Waals surface area contributed by atoms with E-state index in [1.54, 1.807) is 23.5 Å². The monoisotopic (exact) mass is 496 g/mol. The zero-order valence-electron chi connectivity index (χ0n) is 15.6. The second-order valence-electron chi connectivity index (χ2n) is 6.53. The third-order valence-electron chi connectivity index (χ3n) is 4.76. The highest BCUT2D eigenvalue weighted by Gasteiger charge is 2.26. The molecule has 1 aliphatic heterocycles. The third kappa shape index (κ3) is 4.45. The van der Waals surface area contributed by atoms with Crippen molar-refractivity contribution in [3.63, 3.8) is 0 Å². The topological polar surface area (TPSA) is 76.4 Å². The maximum Gasteiger partial charge on any atom is 0.257 e. The molecule has 0 bridgehead atoms. The van der Waals surface area contributed by atoms with Crippen LogP contribution in [0.1, 0.15) is 15.2 Å². The van der Waals surface area contributed by atoms with Crippen molar-refractivity contribution in [2.45, 2.75) is 6.54 Å². The van der Waals surface area contributed by atoms with Gasteiger partial charge in [-0.05, 0) is 44.6 Å². The van der Waals surface area contributed by atoms with Gasteiger partial charge in [-0.15, -0.1) is 16.4 Å². The van der Waals surface area contributed by atoms with E-state index in [0.29, 0.717) is 35.1 Å². The predicted octanol–water partition coefficient (Wildman–Crippen LogP) is 3.11. The summed E-state index contributed by atoms with van der Waals surface area (Å²) in [6.07, 6.45) is 1.44. The zero-order valence-corrected chi connectivity index (χ0v) is 18.7. The molecule has 1 aromatic carbocycles. The first kappa shape index (κ1) is 20.3. The highest BCUT2D eigenvalue weighted by atomic mass is 79.9. The number of halogens is 2. The van der Waals surface area contributed by atoms with E-state index < -0.39 is 0 Å². The molecule has 1 amide bonds. The minimum absolute atomic E-state index is 0.0921. The summed E-state index contributed by atoms with van der Waals surface area (Å²) in [6.45, 7) is 3.84. The minimum Gasteiger partial charge on any atom is -0.496 e. The molecule has 11 heteroatoms. The number of benzene rings is 1. The summed E-state index contributed by atoms with van der Waals surface area (Å²) in [7, 11) is 1.53. The highest BCUT2D eigenvalue weighted by molar-refractivity contribution is 9.11. The molecular weight excluding hydrogens is 480 g/mol. The van der Waals surface area contributed by atoms with Gasteiger partial charge in [0.05, 0.1) is 27.2 Å². The largest absolute Gasteiger partial charge is 0.496 e. The van der Waals surface area contributed by atoms with Crippen molar-refractivity contribution in [1.82, 2.24) is 30.0 Å². The van der Waals surface area contributed by atoms with Gasteiger partial charge in [-0.1, -0.05) is 11.6 Å². The number of rotatable bonds is 5. The van der Waals surface area contributed by atoms with E-state index in [2.05, 4.69) is 48.5 Å². The molecule has 152 valence electrons. The first-order chi connectivity index (χ1) is 14.0. The van der Waals surface area contributed by atoms with E-state index in [0.717, 1.165) is 23.4 Å². The number of piperazine rings is 1. The molecule has 0 N–H and O–H groups in total. The van der Waals surface area contributed by atoms with Crippen LogP contribution >= 0.6 is 38.9 Å². The average Bonchev–Trinajstić information content (AvgIpc) is 3.40. The number of nitrogens with zero attached hydrogens (tertiary/aromatic N) is 6. The Morgan fingerprint density at radius 1 is 1.28 bits per heavy atom. The molecule has 0 spiro atoms. The maximum atomic E-state index is 13.1.